The fourth-order valence-electron chi connectivity index (χ4n) is 3.11. The number of carbonyl (C=O) groups excluding carboxylic acids is 1. The topological polar surface area (TPSA) is 35.5 Å². The zero-order valence-corrected chi connectivity index (χ0v) is 22.3. The van der Waals surface area contributed by atoms with E-state index in [2.05, 4.69) is 54.0 Å². The predicted molar refractivity (Wildman–Crippen MR) is 147 cm³/mol. The highest BCUT2D eigenvalue weighted by atomic mass is 16.5. The van der Waals surface area contributed by atoms with Gasteiger partial charge in [0, 0.05) is 17.6 Å². The van der Waals surface area contributed by atoms with Crippen LogP contribution in [-0.4, -0.2) is 12.4 Å². The van der Waals surface area contributed by atoms with Gasteiger partial charge in [-0.2, -0.15) is 0 Å². The molecule has 0 heterocycles. The second-order valence-corrected chi connectivity index (χ2v) is 8.56. The molecule has 0 fully saturated rings. The third kappa shape index (κ3) is 9.05. The summed E-state index contributed by atoms with van der Waals surface area (Å²) in [4.78, 5) is 13.2. The van der Waals surface area contributed by atoms with Gasteiger partial charge in [0.15, 0.2) is 17.3 Å². The zero-order chi connectivity index (χ0) is 26.3. The molecule has 3 nitrogen and oxygen atoms in total. The van der Waals surface area contributed by atoms with Crippen LogP contribution in [0.4, 0.5) is 0 Å². The largest absolute Gasteiger partial charge is 0.490 e. The van der Waals surface area contributed by atoms with Crippen LogP contribution in [0.3, 0.4) is 0 Å². The van der Waals surface area contributed by atoms with Gasteiger partial charge in [-0.15, -0.1) is 6.58 Å². The lowest BCUT2D eigenvalue weighted by atomic mass is 9.70. The number of carbonyl (C=O) groups is 1. The first-order valence-corrected chi connectivity index (χ1v) is 11.9. The van der Waals surface area contributed by atoms with Crippen molar-refractivity contribution < 1.29 is 14.3 Å². The summed E-state index contributed by atoms with van der Waals surface area (Å²) in [6.45, 7) is 30.3. The van der Waals surface area contributed by atoms with Crippen molar-refractivity contribution >= 4 is 5.78 Å². The molecule has 0 aromatic carbocycles. The van der Waals surface area contributed by atoms with Gasteiger partial charge < -0.3 is 9.47 Å². The summed E-state index contributed by atoms with van der Waals surface area (Å²) in [6.07, 6.45) is 16.5. The van der Waals surface area contributed by atoms with Crippen molar-refractivity contribution in [1.29, 1.82) is 0 Å². The van der Waals surface area contributed by atoms with Gasteiger partial charge in [-0.3, -0.25) is 4.79 Å². The lowest BCUT2D eigenvalue weighted by Crippen LogP contribution is -2.27. The van der Waals surface area contributed by atoms with Gasteiger partial charge in [-0.25, -0.2) is 0 Å². The minimum atomic E-state index is -0.126. The molecule has 2 unspecified atom stereocenters. The van der Waals surface area contributed by atoms with Crippen molar-refractivity contribution in [2.24, 2.45) is 17.3 Å². The van der Waals surface area contributed by atoms with E-state index in [0.29, 0.717) is 47.4 Å². The summed E-state index contributed by atoms with van der Waals surface area (Å²) in [7, 11) is 0. The molecule has 0 amide bonds. The molecular formula is C31H44O3. The Morgan fingerprint density at radius 2 is 1.53 bits per heavy atom. The molecule has 0 rings (SSSR count). The zero-order valence-electron chi connectivity index (χ0n) is 22.3. The van der Waals surface area contributed by atoms with Crippen LogP contribution >= 0.6 is 0 Å². The lowest BCUT2D eigenvalue weighted by Gasteiger charge is -2.35. The molecule has 0 bridgehead atoms. The number of Topliss-reactive ketones (excluding diaryl/α,β-unsaturated/α-hetero) is 1. The highest BCUT2D eigenvalue weighted by molar-refractivity contribution is 6.11. The van der Waals surface area contributed by atoms with Crippen LogP contribution in [0.1, 0.15) is 54.9 Å². The smallest absolute Gasteiger partial charge is 0.192 e. The molecule has 0 aliphatic rings. The van der Waals surface area contributed by atoms with Crippen molar-refractivity contribution in [3.05, 3.63) is 109 Å². The Morgan fingerprint density at radius 3 is 1.97 bits per heavy atom. The van der Waals surface area contributed by atoms with Gasteiger partial charge in [-0.05, 0) is 55.4 Å². The first kappa shape index (κ1) is 30.9. The van der Waals surface area contributed by atoms with E-state index in [4.69, 9.17) is 9.47 Å². The van der Waals surface area contributed by atoms with Crippen LogP contribution in [0.2, 0.25) is 0 Å². The molecule has 0 spiro atoms. The Balaban J connectivity index is 6.02. The van der Waals surface area contributed by atoms with E-state index >= 15 is 0 Å². The van der Waals surface area contributed by atoms with Gasteiger partial charge in [0.2, 0.25) is 0 Å². The standard InChI is InChI=1S/C31H44O3/c1-12-19-29(33-18-7)28(17-6)34-27(16-5)21-20-25(14-3)30(32)26(15-4)22-24(9)31(10,11)23(8)13-2/h12-15,17,19-24H,1-4,16,18H2,5-11H3/b25-20+,26-22+,27-21+,28-17+,29-19+. The summed E-state index contributed by atoms with van der Waals surface area (Å²) >= 11 is 0. The fraction of sp³-hybridized carbons (Fsp3) is 0.387. The number of hydrogen-bond donors (Lipinski definition) is 0. The lowest BCUT2D eigenvalue weighted by molar-refractivity contribution is -0.111. The minimum absolute atomic E-state index is 0.0580. The SMILES string of the molecule is C=C/C=C(OCC)\C(=C/C)O/C(=C/C=C(\C=C)C(=O)/C(C=C)=C/C(C)C(C)(C)C(C)C=C)CC. The first-order valence-electron chi connectivity index (χ1n) is 11.9. The summed E-state index contributed by atoms with van der Waals surface area (Å²) < 4.78 is 11.7. The maximum absolute atomic E-state index is 13.2. The van der Waals surface area contributed by atoms with E-state index in [-0.39, 0.29) is 17.1 Å². The van der Waals surface area contributed by atoms with E-state index < -0.39 is 0 Å². The maximum Gasteiger partial charge on any atom is 0.192 e. The van der Waals surface area contributed by atoms with Gasteiger partial charge in [0.1, 0.15) is 5.76 Å². The maximum atomic E-state index is 13.2. The average Bonchev–Trinajstić information content (AvgIpc) is 2.83. The summed E-state index contributed by atoms with van der Waals surface area (Å²) in [5.41, 5.74) is 0.964. The molecule has 0 aromatic heterocycles. The van der Waals surface area contributed by atoms with Gasteiger partial charge in [-0.1, -0.05) is 84.7 Å². The van der Waals surface area contributed by atoms with Crippen molar-refractivity contribution in [2.75, 3.05) is 6.61 Å². The second-order valence-electron chi connectivity index (χ2n) is 8.56. The molecule has 0 radical (unpaired) electrons. The van der Waals surface area contributed by atoms with Crippen LogP contribution in [0.5, 0.6) is 0 Å². The van der Waals surface area contributed by atoms with Crippen molar-refractivity contribution in [3.8, 4) is 0 Å². The Kier molecular flexibility index (Phi) is 14.3. The van der Waals surface area contributed by atoms with Crippen LogP contribution in [-0.2, 0) is 14.3 Å². The number of hydrogen-bond acceptors (Lipinski definition) is 3. The van der Waals surface area contributed by atoms with Gasteiger partial charge in [0.05, 0.1) is 6.61 Å². The van der Waals surface area contributed by atoms with E-state index in [1.54, 1.807) is 36.5 Å². The molecule has 0 aliphatic heterocycles. The highest BCUT2D eigenvalue weighted by Crippen LogP contribution is 2.37. The number of ether oxygens (including phenoxy) is 2. The quantitative estimate of drug-likeness (QED) is 0.0993. The molecule has 186 valence electrons. The monoisotopic (exact) mass is 464 g/mol. The molecule has 34 heavy (non-hydrogen) atoms. The summed E-state index contributed by atoms with van der Waals surface area (Å²) in [5, 5.41) is 0. The van der Waals surface area contributed by atoms with E-state index in [0.717, 1.165) is 0 Å². The minimum Gasteiger partial charge on any atom is -0.490 e. The molecule has 0 saturated heterocycles. The molecule has 0 aliphatic carbocycles. The third-order valence-corrected chi connectivity index (χ3v) is 6.21. The first-order chi connectivity index (χ1) is 16.1. The Bertz CT molecular complexity index is 888. The molecular weight excluding hydrogens is 420 g/mol. The fourth-order valence-corrected chi connectivity index (χ4v) is 3.11. The van der Waals surface area contributed by atoms with Crippen LogP contribution < -0.4 is 0 Å². The summed E-state index contributed by atoms with van der Waals surface area (Å²) in [5.74, 6) is 2.18. The molecule has 0 saturated carbocycles. The predicted octanol–water partition coefficient (Wildman–Crippen LogP) is 8.59. The van der Waals surface area contributed by atoms with E-state index in [1.807, 2.05) is 39.0 Å². The molecule has 3 heteroatoms. The number of ketones is 1. The van der Waals surface area contributed by atoms with Gasteiger partial charge in [0.25, 0.3) is 0 Å². The average molecular weight is 465 g/mol. The third-order valence-electron chi connectivity index (χ3n) is 6.21. The normalized spacial score (nSPS) is 15.8. The second kappa shape index (κ2) is 15.7. The highest BCUT2D eigenvalue weighted by Gasteiger charge is 2.29. The van der Waals surface area contributed by atoms with E-state index in [1.165, 1.54) is 0 Å². The number of allylic oxidation sites excluding steroid dienone is 12. The van der Waals surface area contributed by atoms with Crippen molar-refractivity contribution in [3.63, 3.8) is 0 Å². The Hall–Kier alpha value is -3.07. The molecule has 2 atom stereocenters. The van der Waals surface area contributed by atoms with Gasteiger partial charge >= 0.3 is 0 Å². The van der Waals surface area contributed by atoms with E-state index in [9.17, 15) is 4.79 Å². The molecule has 0 aromatic rings. The Labute approximate surface area is 208 Å². The Morgan fingerprint density at radius 1 is 0.912 bits per heavy atom. The van der Waals surface area contributed by atoms with Crippen molar-refractivity contribution in [2.45, 2.75) is 54.9 Å². The van der Waals surface area contributed by atoms with Crippen LogP contribution in [0.15, 0.2) is 109 Å². The van der Waals surface area contributed by atoms with Crippen LogP contribution in [0, 0.1) is 17.3 Å². The number of rotatable bonds is 16. The van der Waals surface area contributed by atoms with Crippen LogP contribution in [0.25, 0.3) is 0 Å². The molecule has 0 N–H and O–H groups in total. The van der Waals surface area contributed by atoms with Crippen molar-refractivity contribution in [1.82, 2.24) is 0 Å². The summed E-state index contributed by atoms with van der Waals surface area (Å²) in [6, 6.07) is 0.